The minimum absolute atomic E-state index is 0.113. The van der Waals surface area contributed by atoms with Gasteiger partial charge in [0.15, 0.2) is 11.5 Å². The van der Waals surface area contributed by atoms with Crippen molar-refractivity contribution in [2.24, 2.45) is 5.10 Å². The first kappa shape index (κ1) is 15.1. The van der Waals surface area contributed by atoms with Crippen LogP contribution in [0.25, 0.3) is 0 Å². The normalized spacial score (nSPS) is 12.8. The van der Waals surface area contributed by atoms with E-state index in [1.165, 1.54) is 6.21 Å². The predicted octanol–water partition coefficient (Wildman–Crippen LogP) is 1.04. The third kappa shape index (κ3) is 3.85. The molecule has 0 radical (unpaired) electrons. The molecular formula is C13H14ClN3O4. The molecule has 0 unspecified atom stereocenters. The molecule has 112 valence electrons. The van der Waals surface area contributed by atoms with Crippen LogP contribution in [0.5, 0.6) is 11.5 Å². The molecular weight excluding hydrogens is 298 g/mol. The zero-order valence-electron chi connectivity index (χ0n) is 11.5. The summed E-state index contributed by atoms with van der Waals surface area (Å²) < 4.78 is 10.4. The Morgan fingerprint density at radius 2 is 2.10 bits per heavy atom. The van der Waals surface area contributed by atoms with E-state index in [1.54, 1.807) is 26.0 Å². The summed E-state index contributed by atoms with van der Waals surface area (Å²) >= 11 is 6.01. The van der Waals surface area contributed by atoms with Gasteiger partial charge in [-0.2, -0.15) is 5.10 Å². The number of benzene rings is 1. The third-order valence-corrected chi connectivity index (χ3v) is 2.74. The highest BCUT2D eigenvalue weighted by atomic mass is 35.5. The molecule has 0 saturated carbocycles. The first-order chi connectivity index (χ1) is 9.97. The third-order valence-electron chi connectivity index (χ3n) is 2.46. The lowest BCUT2D eigenvalue weighted by molar-refractivity contribution is -0.139. The number of fused-ring (bicyclic) bond motifs is 1. The monoisotopic (exact) mass is 311 g/mol. The van der Waals surface area contributed by atoms with Crippen molar-refractivity contribution in [3.63, 3.8) is 0 Å². The van der Waals surface area contributed by atoms with E-state index in [0.29, 0.717) is 22.1 Å². The van der Waals surface area contributed by atoms with E-state index in [1.807, 2.05) is 0 Å². The fraction of sp³-hybridized carbons (Fsp3) is 0.308. The Kier molecular flexibility index (Phi) is 4.64. The molecule has 1 aliphatic rings. The molecule has 1 heterocycles. The van der Waals surface area contributed by atoms with Crippen LogP contribution in [0.15, 0.2) is 17.2 Å². The number of carbonyl (C=O) groups is 2. The second-order valence-corrected chi connectivity index (χ2v) is 4.97. The number of nitrogens with zero attached hydrogens (tertiary/aromatic N) is 1. The van der Waals surface area contributed by atoms with Crippen LogP contribution in [0.1, 0.15) is 19.4 Å². The van der Waals surface area contributed by atoms with E-state index in [-0.39, 0.29) is 12.8 Å². The lowest BCUT2D eigenvalue weighted by atomic mass is 10.2. The van der Waals surface area contributed by atoms with Crippen molar-refractivity contribution in [1.29, 1.82) is 0 Å². The van der Waals surface area contributed by atoms with E-state index in [0.717, 1.165) is 0 Å². The van der Waals surface area contributed by atoms with Crippen molar-refractivity contribution in [1.82, 2.24) is 10.7 Å². The second-order valence-electron chi connectivity index (χ2n) is 4.56. The highest BCUT2D eigenvalue weighted by Gasteiger charge is 2.18. The summed E-state index contributed by atoms with van der Waals surface area (Å²) in [4.78, 5) is 22.8. The van der Waals surface area contributed by atoms with Gasteiger partial charge in [-0.3, -0.25) is 9.59 Å². The van der Waals surface area contributed by atoms with Crippen LogP contribution in [0.4, 0.5) is 0 Å². The number of hydrazone groups is 1. The van der Waals surface area contributed by atoms with Crippen LogP contribution in [-0.2, 0) is 9.59 Å². The molecule has 0 fully saturated rings. The summed E-state index contributed by atoms with van der Waals surface area (Å²) in [7, 11) is 0. The van der Waals surface area contributed by atoms with Crippen LogP contribution < -0.4 is 20.2 Å². The largest absolute Gasteiger partial charge is 0.454 e. The Morgan fingerprint density at radius 3 is 2.81 bits per heavy atom. The standard InChI is InChI=1S/C13H14ClN3O4/c1-7(2)16-12(18)13(19)17-15-5-8-3-9(14)11-10(4-8)20-6-21-11/h3-5,7H,6H2,1-2H3,(H,16,18)(H,17,19)/b15-5-. The van der Waals surface area contributed by atoms with E-state index < -0.39 is 11.8 Å². The van der Waals surface area contributed by atoms with Crippen LogP contribution in [0, 0.1) is 0 Å². The Balaban J connectivity index is 1.97. The maximum Gasteiger partial charge on any atom is 0.329 e. The van der Waals surface area contributed by atoms with Crippen LogP contribution >= 0.6 is 11.6 Å². The maximum atomic E-state index is 11.4. The van der Waals surface area contributed by atoms with Gasteiger partial charge >= 0.3 is 11.8 Å². The van der Waals surface area contributed by atoms with Crippen molar-refractivity contribution in [2.45, 2.75) is 19.9 Å². The Labute approximate surface area is 126 Å². The fourth-order valence-corrected chi connectivity index (χ4v) is 1.88. The van der Waals surface area contributed by atoms with Gasteiger partial charge in [-0.25, -0.2) is 5.43 Å². The quantitative estimate of drug-likeness (QED) is 0.496. The highest BCUT2D eigenvalue weighted by molar-refractivity contribution is 6.35. The van der Waals surface area contributed by atoms with Gasteiger partial charge in [0.05, 0.1) is 11.2 Å². The lowest BCUT2D eigenvalue weighted by Crippen LogP contribution is -2.41. The number of hydrogen-bond acceptors (Lipinski definition) is 5. The summed E-state index contributed by atoms with van der Waals surface area (Å²) in [5.41, 5.74) is 2.73. The minimum Gasteiger partial charge on any atom is -0.454 e. The number of rotatable bonds is 3. The van der Waals surface area contributed by atoms with Gasteiger partial charge in [-0.05, 0) is 31.5 Å². The molecule has 0 atom stereocenters. The molecule has 21 heavy (non-hydrogen) atoms. The molecule has 1 aromatic rings. The lowest BCUT2D eigenvalue weighted by Gasteiger charge is -2.06. The number of nitrogens with one attached hydrogen (secondary N) is 2. The summed E-state index contributed by atoms with van der Waals surface area (Å²) in [5, 5.41) is 6.53. The molecule has 0 aliphatic carbocycles. The topological polar surface area (TPSA) is 89.0 Å². The number of carbonyl (C=O) groups excluding carboxylic acids is 2. The predicted molar refractivity (Wildman–Crippen MR) is 76.6 cm³/mol. The number of halogens is 1. The maximum absolute atomic E-state index is 11.4. The number of ether oxygens (including phenoxy) is 2. The molecule has 0 spiro atoms. The molecule has 2 rings (SSSR count). The Morgan fingerprint density at radius 1 is 1.33 bits per heavy atom. The number of amides is 2. The SMILES string of the molecule is CC(C)NC(=O)C(=O)N/N=C\c1cc(Cl)c2c(c1)OCO2. The van der Waals surface area contributed by atoms with Gasteiger partial charge in [0.25, 0.3) is 0 Å². The van der Waals surface area contributed by atoms with Crippen molar-refractivity contribution in [2.75, 3.05) is 6.79 Å². The summed E-state index contributed by atoms with van der Waals surface area (Å²) in [6.07, 6.45) is 1.36. The van der Waals surface area contributed by atoms with E-state index in [4.69, 9.17) is 21.1 Å². The molecule has 2 amide bonds. The highest BCUT2D eigenvalue weighted by Crippen LogP contribution is 2.39. The Hall–Kier alpha value is -2.28. The van der Waals surface area contributed by atoms with Crippen molar-refractivity contribution in [3.8, 4) is 11.5 Å². The second kappa shape index (κ2) is 6.45. The van der Waals surface area contributed by atoms with Gasteiger partial charge in [0, 0.05) is 6.04 Å². The fourth-order valence-electron chi connectivity index (χ4n) is 1.61. The van der Waals surface area contributed by atoms with Gasteiger partial charge in [-0.1, -0.05) is 11.6 Å². The average molecular weight is 312 g/mol. The molecule has 7 nitrogen and oxygen atoms in total. The molecule has 1 aliphatic heterocycles. The molecule has 0 aromatic heterocycles. The minimum atomic E-state index is -0.841. The number of hydrogen-bond donors (Lipinski definition) is 2. The zero-order valence-corrected chi connectivity index (χ0v) is 12.2. The average Bonchev–Trinajstić information content (AvgIpc) is 2.86. The first-order valence-corrected chi connectivity index (χ1v) is 6.58. The van der Waals surface area contributed by atoms with Crippen molar-refractivity contribution >= 4 is 29.6 Å². The van der Waals surface area contributed by atoms with E-state index in [9.17, 15) is 9.59 Å². The van der Waals surface area contributed by atoms with Crippen LogP contribution in [0.3, 0.4) is 0 Å². The van der Waals surface area contributed by atoms with Gasteiger partial charge < -0.3 is 14.8 Å². The van der Waals surface area contributed by atoms with Gasteiger partial charge in [0.1, 0.15) is 0 Å². The zero-order chi connectivity index (χ0) is 15.4. The first-order valence-electron chi connectivity index (χ1n) is 6.20. The van der Waals surface area contributed by atoms with Crippen molar-refractivity contribution in [3.05, 3.63) is 22.7 Å². The summed E-state index contributed by atoms with van der Waals surface area (Å²) in [5.74, 6) is -0.598. The molecule has 8 heteroatoms. The van der Waals surface area contributed by atoms with Gasteiger partial charge in [-0.15, -0.1) is 0 Å². The molecule has 2 N–H and O–H groups in total. The smallest absolute Gasteiger partial charge is 0.329 e. The molecule has 1 aromatic carbocycles. The molecule has 0 bridgehead atoms. The summed E-state index contributed by atoms with van der Waals surface area (Å²) in [6, 6.07) is 3.15. The molecule has 0 saturated heterocycles. The van der Waals surface area contributed by atoms with E-state index in [2.05, 4.69) is 15.8 Å². The Bertz CT molecular complexity index is 601. The van der Waals surface area contributed by atoms with Gasteiger partial charge in [0.2, 0.25) is 6.79 Å². The van der Waals surface area contributed by atoms with E-state index >= 15 is 0 Å². The van der Waals surface area contributed by atoms with Crippen molar-refractivity contribution < 1.29 is 19.1 Å². The summed E-state index contributed by atoms with van der Waals surface area (Å²) in [6.45, 7) is 3.62. The van der Waals surface area contributed by atoms with Crippen LogP contribution in [-0.4, -0.2) is 30.9 Å². The van der Waals surface area contributed by atoms with Crippen LogP contribution in [0.2, 0.25) is 5.02 Å².